The van der Waals surface area contributed by atoms with Gasteiger partial charge in [-0.1, -0.05) is 5.16 Å². The van der Waals surface area contributed by atoms with E-state index < -0.39 is 0 Å². The van der Waals surface area contributed by atoms with E-state index in [1.54, 1.807) is 0 Å². The molecule has 12 heavy (non-hydrogen) atoms. The van der Waals surface area contributed by atoms with Gasteiger partial charge in [-0.25, -0.2) is 0 Å². The van der Waals surface area contributed by atoms with E-state index in [4.69, 9.17) is 5.73 Å². The zero-order chi connectivity index (χ0) is 8.97. The lowest BCUT2D eigenvalue weighted by Crippen LogP contribution is -2.03. The molecule has 0 bridgehead atoms. The van der Waals surface area contributed by atoms with E-state index >= 15 is 0 Å². The third-order valence-corrected chi connectivity index (χ3v) is 1.09. The second kappa shape index (κ2) is 3.51. The molecule has 0 aliphatic rings. The molecule has 0 aliphatic carbocycles. The summed E-state index contributed by atoms with van der Waals surface area (Å²) in [6, 6.07) is -0.0179. The molecule has 1 rings (SSSR count). The fraction of sp³-hybridized carbons (Fsp3) is 0.167. The van der Waals surface area contributed by atoms with Gasteiger partial charge in [-0.2, -0.15) is 4.98 Å². The molecule has 0 radical (unpaired) electrons. The van der Waals surface area contributed by atoms with Crippen LogP contribution in [0.2, 0.25) is 0 Å². The van der Waals surface area contributed by atoms with Gasteiger partial charge >= 0.3 is 0 Å². The van der Waals surface area contributed by atoms with Crippen LogP contribution in [0.25, 0.3) is 0 Å². The van der Waals surface area contributed by atoms with Crippen LogP contribution in [0.15, 0.2) is 15.8 Å². The number of hydrogen-bond acceptors (Lipinski definition) is 6. The molecule has 2 N–H and O–H groups in total. The van der Waals surface area contributed by atoms with E-state index in [2.05, 4.69) is 19.4 Å². The maximum atomic E-state index is 10.4. The molecular formula is C6H7N3O3. The Morgan fingerprint density at radius 1 is 1.92 bits per heavy atom. The summed E-state index contributed by atoms with van der Waals surface area (Å²) in [6.07, 6.45) is 1.72. The number of carbonyl (C=O) groups is 1. The Morgan fingerprint density at radius 2 is 2.67 bits per heavy atom. The van der Waals surface area contributed by atoms with Gasteiger partial charge in [-0.05, 0) is 0 Å². The summed E-state index contributed by atoms with van der Waals surface area (Å²) in [5, 5.41) is 3.40. The number of oxazole rings is 1. The predicted molar refractivity (Wildman–Crippen MR) is 40.5 cm³/mol. The third kappa shape index (κ3) is 1.60. The second-order valence-electron chi connectivity index (χ2n) is 1.85. The van der Waals surface area contributed by atoms with E-state index in [1.165, 1.54) is 13.4 Å². The van der Waals surface area contributed by atoms with Crippen molar-refractivity contribution in [2.45, 2.75) is 0 Å². The molecule has 0 fully saturated rings. The van der Waals surface area contributed by atoms with Gasteiger partial charge in [0.1, 0.15) is 19.1 Å². The molecule has 0 aromatic carbocycles. The zero-order valence-electron chi connectivity index (χ0n) is 6.35. The SMILES string of the molecule is CO/N=C(\C=O)c1coc(N)n1. The summed E-state index contributed by atoms with van der Waals surface area (Å²) in [5.74, 6) is 0. The molecule has 0 saturated heterocycles. The van der Waals surface area contributed by atoms with Crippen molar-refractivity contribution in [2.24, 2.45) is 5.16 Å². The molecule has 1 aromatic rings. The van der Waals surface area contributed by atoms with Crippen molar-refractivity contribution in [1.29, 1.82) is 0 Å². The molecule has 0 aliphatic heterocycles. The fourth-order valence-corrected chi connectivity index (χ4v) is 0.632. The number of nitrogen functional groups attached to an aromatic ring is 1. The van der Waals surface area contributed by atoms with Crippen molar-refractivity contribution in [3.8, 4) is 0 Å². The molecule has 1 aromatic heterocycles. The number of hydrogen-bond donors (Lipinski definition) is 1. The van der Waals surface area contributed by atoms with Crippen LogP contribution in [0.3, 0.4) is 0 Å². The summed E-state index contributed by atoms with van der Waals surface area (Å²) >= 11 is 0. The normalized spacial score (nSPS) is 11.2. The van der Waals surface area contributed by atoms with Gasteiger partial charge in [0.2, 0.25) is 0 Å². The van der Waals surface area contributed by atoms with E-state index in [-0.39, 0.29) is 17.4 Å². The van der Waals surface area contributed by atoms with Crippen molar-refractivity contribution >= 4 is 18.0 Å². The fourth-order valence-electron chi connectivity index (χ4n) is 0.632. The Morgan fingerprint density at radius 3 is 3.08 bits per heavy atom. The standard InChI is InChI=1S/C6H7N3O3/c1-11-9-4(2-10)5-3-12-6(7)8-5/h2-3H,1H3,(H2,7,8)/b9-4+. The number of nitrogens with two attached hydrogens (primary N) is 1. The van der Waals surface area contributed by atoms with Gasteiger partial charge in [0, 0.05) is 0 Å². The molecule has 0 saturated carbocycles. The largest absolute Gasteiger partial charge is 0.432 e. The first-order chi connectivity index (χ1) is 5.77. The van der Waals surface area contributed by atoms with Gasteiger partial charge in [-0.3, -0.25) is 4.79 Å². The minimum absolute atomic E-state index is 0.0179. The highest BCUT2D eigenvalue weighted by molar-refractivity contribution is 6.35. The molecule has 6 nitrogen and oxygen atoms in total. The van der Waals surface area contributed by atoms with E-state index in [9.17, 15) is 4.79 Å². The Labute approximate surface area is 68.0 Å². The van der Waals surface area contributed by atoms with Crippen LogP contribution >= 0.6 is 0 Å². The Balaban J connectivity index is 2.94. The number of nitrogens with zero attached hydrogens (tertiary/aromatic N) is 2. The number of oxime groups is 1. The lowest BCUT2D eigenvalue weighted by atomic mass is 10.3. The highest BCUT2D eigenvalue weighted by Crippen LogP contribution is 2.03. The maximum Gasteiger partial charge on any atom is 0.292 e. The van der Waals surface area contributed by atoms with Crippen LogP contribution in [-0.4, -0.2) is 24.1 Å². The van der Waals surface area contributed by atoms with Crippen molar-refractivity contribution < 1.29 is 14.0 Å². The van der Waals surface area contributed by atoms with Gasteiger partial charge in [0.25, 0.3) is 6.01 Å². The number of carbonyl (C=O) groups excluding carboxylic acids is 1. The van der Waals surface area contributed by atoms with Crippen LogP contribution in [0.5, 0.6) is 0 Å². The van der Waals surface area contributed by atoms with Crippen LogP contribution in [0.4, 0.5) is 6.01 Å². The summed E-state index contributed by atoms with van der Waals surface area (Å²) in [7, 11) is 1.33. The zero-order valence-corrected chi connectivity index (χ0v) is 6.35. The molecule has 0 amide bonds. The first kappa shape index (κ1) is 8.25. The molecular weight excluding hydrogens is 162 g/mol. The number of aldehydes is 1. The number of rotatable bonds is 3. The van der Waals surface area contributed by atoms with Gasteiger partial charge < -0.3 is 15.0 Å². The highest BCUT2D eigenvalue weighted by Gasteiger charge is 2.07. The monoisotopic (exact) mass is 169 g/mol. The minimum atomic E-state index is -0.0179. The first-order valence-corrected chi connectivity index (χ1v) is 3.05. The molecule has 1 heterocycles. The summed E-state index contributed by atoms with van der Waals surface area (Å²) in [4.78, 5) is 18.4. The summed E-state index contributed by atoms with van der Waals surface area (Å²) < 4.78 is 4.67. The molecule has 64 valence electrons. The number of aromatic nitrogens is 1. The van der Waals surface area contributed by atoms with Crippen molar-refractivity contribution in [2.75, 3.05) is 12.8 Å². The molecule has 0 unspecified atom stereocenters. The maximum absolute atomic E-state index is 10.4. The summed E-state index contributed by atoms with van der Waals surface area (Å²) in [5.41, 5.74) is 5.47. The van der Waals surface area contributed by atoms with E-state index in [1.807, 2.05) is 0 Å². The van der Waals surface area contributed by atoms with E-state index in [0.717, 1.165) is 0 Å². The second-order valence-corrected chi connectivity index (χ2v) is 1.85. The highest BCUT2D eigenvalue weighted by atomic mass is 16.6. The third-order valence-electron chi connectivity index (χ3n) is 1.09. The van der Waals surface area contributed by atoms with Crippen LogP contribution in [-0.2, 0) is 9.63 Å². The predicted octanol–water partition coefficient (Wildman–Crippen LogP) is -0.194. The molecule has 0 spiro atoms. The topological polar surface area (TPSA) is 90.7 Å². The van der Waals surface area contributed by atoms with Crippen LogP contribution in [0, 0.1) is 0 Å². The number of anilines is 1. The quantitative estimate of drug-likeness (QED) is 0.384. The molecule has 0 atom stereocenters. The first-order valence-electron chi connectivity index (χ1n) is 3.05. The lowest BCUT2D eigenvalue weighted by molar-refractivity contribution is -0.102. The summed E-state index contributed by atoms with van der Waals surface area (Å²) in [6.45, 7) is 0. The average Bonchev–Trinajstić information content (AvgIpc) is 2.47. The van der Waals surface area contributed by atoms with Gasteiger partial charge in [-0.15, -0.1) is 0 Å². The van der Waals surface area contributed by atoms with Gasteiger partial charge in [0.05, 0.1) is 0 Å². The van der Waals surface area contributed by atoms with Crippen LogP contribution < -0.4 is 5.73 Å². The minimum Gasteiger partial charge on any atom is -0.432 e. The Hall–Kier alpha value is -1.85. The van der Waals surface area contributed by atoms with E-state index in [0.29, 0.717) is 6.29 Å². The average molecular weight is 169 g/mol. The van der Waals surface area contributed by atoms with Gasteiger partial charge in [0.15, 0.2) is 12.0 Å². The molecule has 6 heteroatoms. The van der Waals surface area contributed by atoms with Crippen LogP contribution in [0.1, 0.15) is 5.69 Å². The Bertz CT molecular complexity index is 305. The van der Waals surface area contributed by atoms with Crippen molar-refractivity contribution in [3.05, 3.63) is 12.0 Å². The lowest BCUT2D eigenvalue weighted by Gasteiger charge is -1.89. The van der Waals surface area contributed by atoms with Crippen molar-refractivity contribution in [1.82, 2.24) is 4.98 Å². The smallest absolute Gasteiger partial charge is 0.292 e. The Kier molecular flexibility index (Phi) is 2.42. The van der Waals surface area contributed by atoms with Crippen molar-refractivity contribution in [3.63, 3.8) is 0 Å².